The van der Waals surface area contributed by atoms with Crippen LogP contribution in [0.5, 0.6) is 0 Å². The molecule has 1 aliphatic rings. The zero-order valence-electron chi connectivity index (χ0n) is 8.47. The molecule has 0 saturated carbocycles. The number of carbonyl (C=O) groups is 2. The van der Waals surface area contributed by atoms with Gasteiger partial charge < -0.3 is 4.74 Å². The lowest BCUT2D eigenvalue weighted by atomic mass is 10.2. The van der Waals surface area contributed by atoms with E-state index in [1.165, 1.54) is 0 Å². The first-order chi connectivity index (χ1) is 7.75. The Kier molecular flexibility index (Phi) is 2.95. The van der Waals surface area contributed by atoms with Crippen LogP contribution < -0.4 is 5.43 Å². The van der Waals surface area contributed by atoms with E-state index in [0.29, 0.717) is 11.3 Å². The predicted octanol–water partition coefficient (Wildman–Crippen LogP) is 0.719. The first-order valence-electron chi connectivity index (χ1n) is 4.82. The first-order valence-corrected chi connectivity index (χ1v) is 4.82. The molecule has 1 amide bonds. The number of nitrogens with zero attached hydrogens (tertiary/aromatic N) is 1. The number of ether oxygens (including phenoxy) is 1. The van der Waals surface area contributed by atoms with Gasteiger partial charge in [-0.15, -0.1) is 0 Å². The van der Waals surface area contributed by atoms with Crippen molar-refractivity contribution in [2.45, 2.75) is 6.42 Å². The highest BCUT2D eigenvalue weighted by molar-refractivity contribution is 6.05. The molecule has 0 aromatic heterocycles. The van der Waals surface area contributed by atoms with Crippen LogP contribution in [0.15, 0.2) is 35.4 Å². The maximum absolute atomic E-state index is 11.5. The van der Waals surface area contributed by atoms with Gasteiger partial charge in [0.25, 0.3) is 5.91 Å². The number of hydrogen-bond acceptors (Lipinski definition) is 4. The molecule has 0 aliphatic carbocycles. The molecule has 0 bridgehead atoms. The van der Waals surface area contributed by atoms with E-state index in [-0.39, 0.29) is 24.9 Å². The molecular weight excluding hydrogens is 208 g/mol. The van der Waals surface area contributed by atoms with Crippen molar-refractivity contribution in [3.8, 4) is 0 Å². The number of benzene rings is 1. The van der Waals surface area contributed by atoms with Crippen LogP contribution in [0.25, 0.3) is 0 Å². The topological polar surface area (TPSA) is 67.8 Å². The van der Waals surface area contributed by atoms with Gasteiger partial charge in [-0.2, -0.15) is 5.10 Å². The summed E-state index contributed by atoms with van der Waals surface area (Å²) in [6.07, 6.45) is 0.148. The van der Waals surface area contributed by atoms with E-state index in [9.17, 15) is 9.59 Å². The van der Waals surface area contributed by atoms with Crippen LogP contribution in [-0.4, -0.2) is 24.2 Å². The SMILES string of the molecule is O=C1CC(=NNC(=O)c2ccccc2)CO1. The quantitative estimate of drug-likeness (QED) is 0.587. The molecule has 5 nitrogen and oxygen atoms in total. The lowest BCUT2D eigenvalue weighted by molar-refractivity contribution is -0.137. The molecule has 1 N–H and O–H groups in total. The van der Waals surface area contributed by atoms with Crippen molar-refractivity contribution in [1.29, 1.82) is 0 Å². The highest BCUT2D eigenvalue weighted by Gasteiger charge is 2.18. The molecule has 1 fully saturated rings. The Morgan fingerprint density at radius 1 is 1.31 bits per heavy atom. The minimum absolute atomic E-state index is 0.148. The maximum Gasteiger partial charge on any atom is 0.312 e. The van der Waals surface area contributed by atoms with Gasteiger partial charge in [0.1, 0.15) is 6.61 Å². The van der Waals surface area contributed by atoms with Gasteiger partial charge in [-0.1, -0.05) is 18.2 Å². The number of amides is 1. The molecule has 1 aromatic carbocycles. The summed E-state index contributed by atoms with van der Waals surface area (Å²) >= 11 is 0. The maximum atomic E-state index is 11.5. The second-order valence-electron chi connectivity index (χ2n) is 3.32. The van der Waals surface area contributed by atoms with Crippen molar-refractivity contribution < 1.29 is 14.3 Å². The van der Waals surface area contributed by atoms with Crippen LogP contribution in [0.4, 0.5) is 0 Å². The number of hydrogen-bond donors (Lipinski definition) is 1. The van der Waals surface area contributed by atoms with Crippen LogP contribution in [0.3, 0.4) is 0 Å². The van der Waals surface area contributed by atoms with Crippen molar-refractivity contribution in [2.75, 3.05) is 6.61 Å². The number of rotatable bonds is 2. The fraction of sp³-hybridized carbons (Fsp3) is 0.182. The van der Waals surface area contributed by atoms with E-state index in [1.54, 1.807) is 24.3 Å². The summed E-state index contributed by atoms with van der Waals surface area (Å²) in [5, 5.41) is 3.82. The summed E-state index contributed by atoms with van der Waals surface area (Å²) in [7, 11) is 0. The van der Waals surface area contributed by atoms with Crippen LogP contribution in [0.1, 0.15) is 16.8 Å². The summed E-state index contributed by atoms with van der Waals surface area (Å²) in [5.41, 5.74) is 3.44. The zero-order chi connectivity index (χ0) is 11.4. The molecule has 5 heteroatoms. The van der Waals surface area contributed by atoms with Gasteiger partial charge in [-0.3, -0.25) is 9.59 Å². The van der Waals surface area contributed by atoms with Gasteiger partial charge in [0, 0.05) is 5.56 Å². The minimum Gasteiger partial charge on any atom is -0.459 e. The third-order valence-electron chi connectivity index (χ3n) is 2.10. The fourth-order valence-electron chi connectivity index (χ4n) is 1.29. The molecule has 0 radical (unpaired) electrons. The molecule has 1 aliphatic heterocycles. The van der Waals surface area contributed by atoms with E-state index in [4.69, 9.17) is 0 Å². The molecule has 1 saturated heterocycles. The number of nitrogens with one attached hydrogen (secondary N) is 1. The number of cyclic esters (lactones) is 1. The highest BCUT2D eigenvalue weighted by atomic mass is 16.5. The van der Waals surface area contributed by atoms with Gasteiger partial charge in [0.05, 0.1) is 12.1 Å². The molecule has 82 valence electrons. The summed E-state index contributed by atoms with van der Waals surface area (Å²) in [5.74, 6) is -0.611. The number of esters is 1. The normalized spacial score (nSPS) is 17.2. The number of carbonyl (C=O) groups excluding carboxylic acids is 2. The third kappa shape index (κ3) is 2.44. The summed E-state index contributed by atoms with van der Waals surface area (Å²) in [4.78, 5) is 22.3. The van der Waals surface area contributed by atoms with E-state index in [2.05, 4.69) is 15.3 Å². The van der Waals surface area contributed by atoms with Crippen molar-refractivity contribution >= 4 is 17.6 Å². The van der Waals surface area contributed by atoms with Crippen LogP contribution in [-0.2, 0) is 9.53 Å². The Morgan fingerprint density at radius 3 is 2.69 bits per heavy atom. The Balaban J connectivity index is 1.96. The van der Waals surface area contributed by atoms with Gasteiger partial charge in [-0.25, -0.2) is 5.43 Å². The number of hydrazone groups is 1. The zero-order valence-corrected chi connectivity index (χ0v) is 8.47. The lowest BCUT2D eigenvalue weighted by Gasteiger charge is -1.99. The Labute approximate surface area is 92.1 Å². The predicted molar refractivity (Wildman–Crippen MR) is 56.9 cm³/mol. The molecule has 16 heavy (non-hydrogen) atoms. The van der Waals surface area contributed by atoms with Crippen LogP contribution in [0.2, 0.25) is 0 Å². The standard InChI is InChI=1S/C11H10N2O3/c14-10-6-9(7-16-10)12-13-11(15)8-4-2-1-3-5-8/h1-5H,6-7H2,(H,13,15). The van der Waals surface area contributed by atoms with Crippen molar-refractivity contribution in [3.05, 3.63) is 35.9 Å². The molecule has 0 atom stereocenters. The molecule has 1 heterocycles. The average Bonchev–Trinajstić information content (AvgIpc) is 2.73. The minimum atomic E-state index is -0.312. The van der Waals surface area contributed by atoms with Crippen molar-refractivity contribution in [3.63, 3.8) is 0 Å². The Morgan fingerprint density at radius 2 is 2.06 bits per heavy atom. The van der Waals surface area contributed by atoms with E-state index in [1.807, 2.05) is 6.07 Å². The lowest BCUT2D eigenvalue weighted by Crippen LogP contribution is -2.19. The van der Waals surface area contributed by atoms with Gasteiger partial charge in [0.15, 0.2) is 0 Å². The molecule has 0 unspecified atom stereocenters. The van der Waals surface area contributed by atoms with Crippen molar-refractivity contribution in [1.82, 2.24) is 5.43 Å². The molecule has 1 aromatic rings. The average molecular weight is 218 g/mol. The first kappa shape index (κ1) is 10.4. The van der Waals surface area contributed by atoms with E-state index in [0.717, 1.165) is 0 Å². The van der Waals surface area contributed by atoms with Crippen LogP contribution >= 0.6 is 0 Å². The molecular formula is C11H10N2O3. The van der Waals surface area contributed by atoms with Gasteiger partial charge in [-0.05, 0) is 12.1 Å². The largest absolute Gasteiger partial charge is 0.459 e. The summed E-state index contributed by atoms with van der Waals surface area (Å²) in [6.45, 7) is 0.161. The second kappa shape index (κ2) is 4.57. The van der Waals surface area contributed by atoms with E-state index < -0.39 is 0 Å². The van der Waals surface area contributed by atoms with Crippen LogP contribution in [0, 0.1) is 0 Å². The fourth-order valence-corrected chi connectivity index (χ4v) is 1.29. The Bertz CT molecular complexity index is 440. The summed E-state index contributed by atoms with van der Waals surface area (Å²) < 4.78 is 4.68. The molecule has 2 rings (SSSR count). The smallest absolute Gasteiger partial charge is 0.312 e. The summed E-state index contributed by atoms with van der Waals surface area (Å²) in [6, 6.07) is 8.73. The molecule has 0 spiro atoms. The van der Waals surface area contributed by atoms with Gasteiger partial charge >= 0.3 is 5.97 Å². The van der Waals surface area contributed by atoms with Gasteiger partial charge in [0.2, 0.25) is 0 Å². The third-order valence-corrected chi connectivity index (χ3v) is 2.10. The second-order valence-corrected chi connectivity index (χ2v) is 3.32. The highest BCUT2D eigenvalue weighted by Crippen LogP contribution is 2.02. The van der Waals surface area contributed by atoms with E-state index >= 15 is 0 Å². The van der Waals surface area contributed by atoms with Crippen molar-refractivity contribution in [2.24, 2.45) is 5.10 Å². The Hall–Kier alpha value is -2.17. The monoisotopic (exact) mass is 218 g/mol.